The van der Waals surface area contributed by atoms with Crippen LogP contribution in [-0.4, -0.2) is 146 Å². The molecule has 15 nitrogen and oxygen atoms in total. The van der Waals surface area contributed by atoms with E-state index in [0.29, 0.717) is 113 Å². The summed E-state index contributed by atoms with van der Waals surface area (Å²) >= 11 is 0. The van der Waals surface area contributed by atoms with Crippen molar-refractivity contribution < 1.29 is 66.4 Å². The Labute approximate surface area is 300 Å². The topological polar surface area (TPSA) is 161 Å². The number of nitrogens with zero attached hydrogens (tertiary/aromatic N) is 1. The molecule has 0 radical (unpaired) electrons. The van der Waals surface area contributed by atoms with Gasteiger partial charge in [-0.25, -0.2) is 4.79 Å². The van der Waals surface area contributed by atoms with Crippen molar-refractivity contribution in [2.75, 3.05) is 140 Å². The Hall–Kier alpha value is -3.56. The molecule has 0 heterocycles. The molecule has 0 saturated carbocycles. The first-order valence-electron chi connectivity index (χ1n) is 16.8. The second-order valence-electron chi connectivity index (χ2n) is 10.4. The summed E-state index contributed by atoms with van der Waals surface area (Å²) in [5, 5.41) is 9.06. The van der Waals surface area contributed by atoms with Crippen molar-refractivity contribution in [3.8, 4) is 23.3 Å². The van der Waals surface area contributed by atoms with Gasteiger partial charge in [-0.2, -0.15) is 5.26 Å². The third-order valence-corrected chi connectivity index (χ3v) is 6.56. The van der Waals surface area contributed by atoms with Gasteiger partial charge in [0.2, 0.25) is 5.75 Å². The van der Waals surface area contributed by atoms with Crippen molar-refractivity contribution in [2.24, 2.45) is 0 Å². The van der Waals surface area contributed by atoms with Gasteiger partial charge in [-0.15, -0.1) is 0 Å². The number of ether oxygens (including phenoxy) is 13. The van der Waals surface area contributed by atoms with Crippen molar-refractivity contribution in [2.45, 2.75) is 6.61 Å². The van der Waals surface area contributed by atoms with E-state index in [1.54, 1.807) is 57.7 Å². The number of rotatable bonds is 33. The minimum Gasteiger partial charge on any atom is -0.487 e. The molecule has 15 heteroatoms. The van der Waals surface area contributed by atoms with Crippen LogP contribution in [0.25, 0.3) is 0 Å². The molecule has 2 aromatic rings. The molecule has 0 bridgehead atoms. The molecule has 286 valence electrons. The van der Waals surface area contributed by atoms with E-state index in [1.807, 2.05) is 6.07 Å². The van der Waals surface area contributed by atoms with Crippen LogP contribution in [0.1, 0.15) is 21.5 Å². The molecular formula is C36H53NO14. The lowest BCUT2D eigenvalue weighted by atomic mass is 10.1. The van der Waals surface area contributed by atoms with Crippen LogP contribution < -0.4 is 14.2 Å². The summed E-state index contributed by atoms with van der Waals surface area (Å²) in [5.41, 5.74) is 1.35. The molecule has 0 fully saturated rings. The predicted molar refractivity (Wildman–Crippen MR) is 184 cm³/mol. The van der Waals surface area contributed by atoms with Gasteiger partial charge in [0.1, 0.15) is 26.4 Å². The first-order valence-corrected chi connectivity index (χ1v) is 16.8. The van der Waals surface area contributed by atoms with Gasteiger partial charge in [0.15, 0.2) is 11.5 Å². The second kappa shape index (κ2) is 30.1. The van der Waals surface area contributed by atoms with E-state index in [4.69, 9.17) is 66.8 Å². The molecule has 51 heavy (non-hydrogen) atoms. The SMILES string of the molecule is COCCOCCOCCOc1cc(COC(=O)c2ccc(C#N)cc2)cc(OCCOCCOCCOC)c1OCCOCCOCCOC. The van der Waals surface area contributed by atoms with Gasteiger partial charge >= 0.3 is 5.97 Å². The minimum absolute atomic E-state index is 0.0807. The molecule has 0 amide bonds. The van der Waals surface area contributed by atoms with Gasteiger partial charge in [-0.05, 0) is 42.0 Å². The normalized spacial score (nSPS) is 10.9. The van der Waals surface area contributed by atoms with Crippen LogP contribution in [-0.2, 0) is 54.0 Å². The monoisotopic (exact) mass is 723 g/mol. The van der Waals surface area contributed by atoms with E-state index in [-0.39, 0.29) is 46.2 Å². The fourth-order valence-electron chi connectivity index (χ4n) is 4.00. The van der Waals surface area contributed by atoms with E-state index in [0.717, 1.165) is 0 Å². The first-order chi connectivity index (χ1) is 25.1. The van der Waals surface area contributed by atoms with Gasteiger partial charge in [0, 0.05) is 21.3 Å². The van der Waals surface area contributed by atoms with Gasteiger partial charge < -0.3 is 61.6 Å². The molecule has 0 aliphatic carbocycles. The molecule has 0 spiro atoms. The third-order valence-electron chi connectivity index (χ3n) is 6.56. The fourth-order valence-corrected chi connectivity index (χ4v) is 4.00. The Morgan fingerprint density at radius 3 is 1.29 bits per heavy atom. The van der Waals surface area contributed by atoms with E-state index in [2.05, 4.69) is 0 Å². The summed E-state index contributed by atoms with van der Waals surface area (Å²) in [6.45, 7) is 6.81. The minimum atomic E-state index is -0.546. The highest BCUT2D eigenvalue weighted by molar-refractivity contribution is 5.89. The lowest BCUT2D eigenvalue weighted by Crippen LogP contribution is -2.16. The summed E-state index contributed by atoms with van der Waals surface area (Å²) < 4.78 is 72.1. The number of esters is 1. The van der Waals surface area contributed by atoms with E-state index >= 15 is 0 Å². The number of nitriles is 1. The number of hydrogen-bond donors (Lipinski definition) is 0. The molecule has 0 N–H and O–H groups in total. The predicted octanol–water partition coefficient (Wildman–Crippen LogP) is 3.09. The second-order valence-corrected chi connectivity index (χ2v) is 10.4. The smallest absolute Gasteiger partial charge is 0.338 e. The average molecular weight is 724 g/mol. The zero-order chi connectivity index (χ0) is 36.6. The van der Waals surface area contributed by atoms with Crippen LogP contribution in [0.2, 0.25) is 0 Å². The summed E-state index contributed by atoms with van der Waals surface area (Å²) in [6.07, 6.45) is 0. The van der Waals surface area contributed by atoms with Crippen molar-refractivity contribution in [1.82, 2.24) is 0 Å². The largest absolute Gasteiger partial charge is 0.487 e. The van der Waals surface area contributed by atoms with Gasteiger partial charge in [0.05, 0.1) is 116 Å². The molecular weight excluding hydrogens is 670 g/mol. The van der Waals surface area contributed by atoms with Gasteiger partial charge in [0.25, 0.3) is 0 Å². The Bertz CT molecular complexity index is 1160. The van der Waals surface area contributed by atoms with Crippen molar-refractivity contribution in [3.05, 3.63) is 53.1 Å². The first kappa shape index (κ1) is 43.6. The highest BCUT2D eigenvalue weighted by atomic mass is 16.6. The van der Waals surface area contributed by atoms with E-state index < -0.39 is 5.97 Å². The highest BCUT2D eigenvalue weighted by Gasteiger charge is 2.18. The van der Waals surface area contributed by atoms with Crippen LogP contribution in [0, 0.1) is 11.3 Å². The maximum absolute atomic E-state index is 12.8. The molecule has 0 aromatic heterocycles. The Morgan fingerprint density at radius 1 is 0.529 bits per heavy atom. The van der Waals surface area contributed by atoms with Crippen molar-refractivity contribution >= 4 is 5.97 Å². The lowest BCUT2D eigenvalue weighted by Gasteiger charge is -2.19. The Kier molecular flexibility index (Phi) is 25.7. The number of benzene rings is 2. The van der Waals surface area contributed by atoms with Crippen LogP contribution in [0.15, 0.2) is 36.4 Å². The van der Waals surface area contributed by atoms with Crippen LogP contribution in [0.5, 0.6) is 17.2 Å². The van der Waals surface area contributed by atoms with Crippen molar-refractivity contribution in [1.29, 1.82) is 5.26 Å². The van der Waals surface area contributed by atoms with Gasteiger partial charge in [-0.1, -0.05) is 0 Å². The third kappa shape index (κ3) is 20.8. The summed E-state index contributed by atoms with van der Waals surface area (Å²) in [7, 11) is 4.85. The van der Waals surface area contributed by atoms with E-state index in [9.17, 15) is 4.79 Å². The Balaban J connectivity index is 2.11. The molecule has 0 aliphatic heterocycles. The molecule has 0 saturated heterocycles. The number of carbonyl (C=O) groups is 1. The molecule has 0 atom stereocenters. The summed E-state index contributed by atoms with van der Waals surface area (Å²) in [4.78, 5) is 12.8. The quantitative estimate of drug-likeness (QED) is 0.0780. The Morgan fingerprint density at radius 2 is 0.902 bits per heavy atom. The van der Waals surface area contributed by atoms with Crippen LogP contribution >= 0.6 is 0 Å². The molecule has 0 aliphatic rings. The molecule has 2 aromatic carbocycles. The maximum Gasteiger partial charge on any atom is 0.338 e. The number of carbonyl (C=O) groups excluding carboxylic acids is 1. The van der Waals surface area contributed by atoms with E-state index in [1.165, 1.54) is 0 Å². The average Bonchev–Trinajstić information content (AvgIpc) is 3.15. The summed E-state index contributed by atoms with van der Waals surface area (Å²) in [5.74, 6) is 0.540. The van der Waals surface area contributed by atoms with Crippen molar-refractivity contribution in [3.63, 3.8) is 0 Å². The fraction of sp³-hybridized carbons (Fsp3) is 0.611. The van der Waals surface area contributed by atoms with Gasteiger partial charge in [-0.3, -0.25) is 0 Å². The zero-order valence-corrected chi connectivity index (χ0v) is 30.1. The standard InChI is InChI=1S/C36H53NO14/c1-39-8-11-42-14-17-45-20-23-48-33-26-31(29-51-36(38)32-6-4-30(28-37)5-7-32)27-34(49-24-21-46-18-15-43-12-9-40-2)35(33)50-25-22-47-19-16-44-13-10-41-3/h4-7,26-27H,8-25,29H2,1-3H3. The summed E-state index contributed by atoms with van der Waals surface area (Å²) in [6, 6.07) is 11.7. The molecule has 2 rings (SSSR count). The number of hydrogen-bond acceptors (Lipinski definition) is 15. The van der Waals surface area contributed by atoms with Crippen LogP contribution in [0.4, 0.5) is 0 Å². The highest BCUT2D eigenvalue weighted by Crippen LogP contribution is 2.39. The maximum atomic E-state index is 12.8. The molecule has 0 unspecified atom stereocenters. The number of methoxy groups -OCH3 is 3. The zero-order valence-electron chi connectivity index (χ0n) is 30.1. The lowest BCUT2D eigenvalue weighted by molar-refractivity contribution is 0.0146. The van der Waals surface area contributed by atoms with Crippen LogP contribution in [0.3, 0.4) is 0 Å².